The molecule has 5 heteroatoms. The Morgan fingerprint density at radius 1 is 1.29 bits per heavy atom. The van der Waals surface area contributed by atoms with Gasteiger partial charge in [-0.15, -0.1) is 0 Å². The maximum Gasteiger partial charge on any atom is 0.222 e. The summed E-state index contributed by atoms with van der Waals surface area (Å²) in [6.07, 6.45) is 4.81. The first kappa shape index (κ1) is 12.3. The van der Waals surface area contributed by atoms with Gasteiger partial charge >= 0.3 is 0 Å². The number of aromatic nitrogens is 2. The smallest absolute Gasteiger partial charge is 0.222 e. The lowest BCUT2D eigenvalue weighted by Gasteiger charge is -2.27. The van der Waals surface area contributed by atoms with Crippen molar-refractivity contribution in [1.29, 1.82) is 0 Å². The highest BCUT2D eigenvalue weighted by Gasteiger charge is 2.08. The molecule has 0 saturated carbocycles. The molecule has 0 atom stereocenters. The molecule has 94 valence electrons. The zero-order chi connectivity index (χ0) is 11.9. The maximum atomic E-state index is 4.22. The van der Waals surface area contributed by atoms with E-state index in [0.717, 1.165) is 44.1 Å². The van der Waals surface area contributed by atoms with Gasteiger partial charge in [-0.25, -0.2) is 9.97 Å². The van der Waals surface area contributed by atoms with Crippen LogP contribution in [0.4, 0.5) is 5.95 Å². The van der Waals surface area contributed by atoms with E-state index in [2.05, 4.69) is 25.5 Å². The molecule has 0 aliphatic carbocycles. The zero-order valence-corrected chi connectivity index (χ0v) is 10.4. The molecule has 2 N–H and O–H groups in total. The van der Waals surface area contributed by atoms with Crippen LogP contribution in [0.25, 0.3) is 0 Å². The van der Waals surface area contributed by atoms with E-state index in [1.807, 2.05) is 19.3 Å². The molecule has 0 amide bonds. The van der Waals surface area contributed by atoms with Gasteiger partial charge in [-0.05, 0) is 25.5 Å². The summed E-state index contributed by atoms with van der Waals surface area (Å²) in [6.45, 7) is 8.66. The Hall–Kier alpha value is -1.20. The largest absolute Gasteiger partial charge is 0.354 e. The number of aryl methyl sites for hydroxylation is 1. The molecule has 0 aromatic carbocycles. The van der Waals surface area contributed by atoms with E-state index in [-0.39, 0.29) is 0 Å². The van der Waals surface area contributed by atoms with Gasteiger partial charge in [0.1, 0.15) is 0 Å². The first-order valence-corrected chi connectivity index (χ1v) is 6.30. The Morgan fingerprint density at radius 2 is 2.00 bits per heavy atom. The number of rotatable bonds is 5. The molecular weight excluding hydrogens is 214 g/mol. The molecule has 0 unspecified atom stereocenters. The van der Waals surface area contributed by atoms with Crippen molar-refractivity contribution < 1.29 is 0 Å². The summed E-state index contributed by atoms with van der Waals surface area (Å²) in [5.41, 5.74) is 1.09. The molecule has 1 aliphatic heterocycles. The van der Waals surface area contributed by atoms with Crippen LogP contribution < -0.4 is 10.6 Å². The van der Waals surface area contributed by atoms with Gasteiger partial charge in [0.15, 0.2) is 0 Å². The number of anilines is 1. The van der Waals surface area contributed by atoms with Crippen LogP contribution in [0.15, 0.2) is 12.4 Å². The Morgan fingerprint density at radius 3 is 2.71 bits per heavy atom. The summed E-state index contributed by atoms with van der Waals surface area (Å²) in [5.74, 6) is 0.732. The summed E-state index contributed by atoms with van der Waals surface area (Å²) in [7, 11) is 0. The van der Waals surface area contributed by atoms with E-state index in [0.29, 0.717) is 0 Å². The minimum absolute atomic E-state index is 0.732. The molecule has 2 heterocycles. The fourth-order valence-corrected chi connectivity index (χ4v) is 1.92. The fraction of sp³-hybridized carbons (Fsp3) is 0.667. The minimum atomic E-state index is 0.732. The molecule has 17 heavy (non-hydrogen) atoms. The third-order valence-electron chi connectivity index (χ3n) is 2.92. The minimum Gasteiger partial charge on any atom is -0.354 e. The number of hydrogen-bond acceptors (Lipinski definition) is 5. The summed E-state index contributed by atoms with van der Waals surface area (Å²) in [5, 5.41) is 6.61. The van der Waals surface area contributed by atoms with Gasteiger partial charge in [0.05, 0.1) is 0 Å². The quantitative estimate of drug-likeness (QED) is 0.728. The van der Waals surface area contributed by atoms with Crippen molar-refractivity contribution in [3.8, 4) is 0 Å². The van der Waals surface area contributed by atoms with Gasteiger partial charge in [-0.1, -0.05) is 0 Å². The second-order valence-corrected chi connectivity index (χ2v) is 4.46. The normalized spacial score (nSPS) is 17.0. The lowest BCUT2D eigenvalue weighted by atomic mass is 10.3. The monoisotopic (exact) mass is 235 g/mol. The SMILES string of the molecule is Cc1cnc(NCCCN2CCNCC2)nc1. The molecule has 1 saturated heterocycles. The predicted molar refractivity (Wildman–Crippen MR) is 69.2 cm³/mol. The van der Waals surface area contributed by atoms with Crippen molar-refractivity contribution in [2.45, 2.75) is 13.3 Å². The van der Waals surface area contributed by atoms with Crippen LogP contribution in [0, 0.1) is 6.92 Å². The van der Waals surface area contributed by atoms with Gasteiger partial charge in [0.25, 0.3) is 0 Å². The molecule has 0 bridgehead atoms. The zero-order valence-electron chi connectivity index (χ0n) is 10.4. The lowest BCUT2D eigenvalue weighted by molar-refractivity contribution is 0.240. The third kappa shape index (κ3) is 4.28. The van der Waals surface area contributed by atoms with E-state index in [1.54, 1.807) is 0 Å². The first-order valence-electron chi connectivity index (χ1n) is 6.30. The average molecular weight is 235 g/mol. The highest BCUT2D eigenvalue weighted by Crippen LogP contribution is 1.99. The maximum absolute atomic E-state index is 4.22. The van der Waals surface area contributed by atoms with E-state index in [4.69, 9.17) is 0 Å². The van der Waals surface area contributed by atoms with Gasteiger partial charge in [-0.3, -0.25) is 0 Å². The van der Waals surface area contributed by atoms with Gasteiger partial charge in [0, 0.05) is 45.1 Å². The molecule has 0 spiro atoms. The Bertz CT molecular complexity index is 318. The van der Waals surface area contributed by atoms with Crippen LogP contribution in [-0.4, -0.2) is 54.1 Å². The van der Waals surface area contributed by atoms with Crippen LogP contribution in [0.1, 0.15) is 12.0 Å². The molecule has 1 aliphatic rings. The van der Waals surface area contributed by atoms with Crippen LogP contribution in [-0.2, 0) is 0 Å². The van der Waals surface area contributed by atoms with Crippen LogP contribution in [0.2, 0.25) is 0 Å². The predicted octanol–water partition coefficient (Wildman–Crippen LogP) is 0.492. The van der Waals surface area contributed by atoms with E-state index >= 15 is 0 Å². The average Bonchev–Trinajstić information content (AvgIpc) is 2.38. The van der Waals surface area contributed by atoms with E-state index in [1.165, 1.54) is 13.1 Å². The summed E-state index contributed by atoms with van der Waals surface area (Å²) < 4.78 is 0. The van der Waals surface area contributed by atoms with Crippen LogP contribution in [0.3, 0.4) is 0 Å². The molecular formula is C12H21N5. The van der Waals surface area contributed by atoms with Crippen molar-refractivity contribution in [3.05, 3.63) is 18.0 Å². The topological polar surface area (TPSA) is 53.1 Å². The van der Waals surface area contributed by atoms with E-state index < -0.39 is 0 Å². The highest BCUT2D eigenvalue weighted by atomic mass is 15.2. The number of hydrogen-bond donors (Lipinski definition) is 2. The molecule has 1 aromatic rings. The molecule has 1 fully saturated rings. The third-order valence-corrected chi connectivity index (χ3v) is 2.92. The molecule has 2 rings (SSSR count). The van der Waals surface area contributed by atoms with E-state index in [9.17, 15) is 0 Å². The Labute approximate surface area is 103 Å². The van der Waals surface area contributed by atoms with Crippen LogP contribution >= 0.6 is 0 Å². The van der Waals surface area contributed by atoms with Gasteiger partial charge < -0.3 is 15.5 Å². The number of nitrogens with one attached hydrogen (secondary N) is 2. The Kier molecular flexibility index (Phi) is 4.70. The van der Waals surface area contributed by atoms with Gasteiger partial charge in [0.2, 0.25) is 5.95 Å². The second kappa shape index (κ2) is 6.51. The van der Waals surface area contributed by atoms with Crippen molar-refractivity contribution in [3.63, 3.8) is 0 Å². The van der Waals surface area contributed by atoms with Crippen molar-refractivity contribution in [2.75, 3.05) is 44.6 Å². The number of piperazine rings is 1. The summed E-state index contributed by atoms with van der Waals surface area (Å²) >= 11 is 0. The lowest BCUT2D eigenvalue weighted by Crippen LogP contribution is -2.44. The van der Waals surface area contributed by atoms with Gasteiger partial charge in [-0.2, -0.15) is 0 Å². The molecule has 5 nitrogen and oxygen atoms in total. The van der Waals surface area contributed by atoms with Crippen molar-refractivity contribution in [2.24, 2.45) is 0 Å². The van der Waals surface area contributed by atoms with Crippen molar-refractivity contribution in [1.82, 2.24) is 20.2 Å². The fourth-order valence-electron chi connectivity index (χ4n) is 1.92. The molecule has 1 aromatic heterocycles. The molecule has 0 radical (unpaired) electrons. The highest BCUT2D eigenvalue weighted by molar-refractivity contribution is 5.23. The summed E-state index contributed by atoms with van der Waals surface area (Å²) in [4.78, 5) is 10.9. The standard InChI is InChI=1S/C12H21N5/c1-11-9-15-12(16-10-11)14-3-2-6-17-7-4-13-5-8-17/h9-10,13H,2-8H2,1H3,(H,14,15,16). The number of nitrogens with zero attached hydrogens (tertiary/aromatic N) is 3. The Balaban J connectivity index is 1.60. The second-order valence-electron chi connectivity index (χ2n) is 4.46. The first-order chi connectivity index (χ1) is 8.34. The van der Waals surface area contributed by atoms with Crippen molar-refractivity contribution >= 4 is 5.95 Å². The van der Waals surface area contributed by atoms with Crippen LogP contribution in [0.5, 0.6) is 0 Å². The summed E-state index contributed by atoms with van der Waals surface area (Å²) in [6, 6.07) is 0.